The van der Waals surface area contributed by atoms with Gasteiger partial charge in [0.05, 0.1) is 28.9 Å². The van der Waals surface area contributed by atoms with Crippen LogP contribution < -0.4 is 10.9 Å². The van der Waals surface area contributed by atoms with Gasteiger partial charge in [0, 0.05) is 18.1 Å². The van der Waals surface area contributed by atoms with Gasteiger partial charge in [-0.3, -0.25) is 14.3 Å². The first-order chi connectivity index (χ1) is 15.5. The van der Waals surface area contributed by atoms with Crippen molar-refractivity contribution < 1.29 is 4.79 Å². The fourth-order valence-electron chi connectivity index (χ4n) is 3.61. The lowest BCUT2D eigenvalue weighted by molar-refractivity contribution is -0.117. The second kappa shape index (κ2) is 9.20. The van der Waals surface area contributed by atoms with Gasteiger partial charge in [-0.1, -0.05) is 48.0 Å². The highest BCUT2D eigenvalue weighted by Gasteiger charge is 2.15. The second-order valence-electron chi connectivity index (χ2n) is 7.43. The number of anilines is 1. The zero-order valence-corrected chi connectivity index (χ0v) is 18.3. The topological polar surface area (TPSA) is 81.3 Å². The van der Waals surface area contributed by atoms with E-state index in [1.165, 1.54) is 10.2 Å². The SMILES string of the molecule is C=NC(=O)Cc1ccc2c(c1)c(Cl)cn2-n1c(C)cnc(NCCc2ccccc2)c1=O. The Hall–Kier alpha value is -3.71. The average molecular weight is 448 g/mol. The average Bonchev–Trinajstić information content (AvgIpc) is 3.11. The zero-order chi connectivity index (χ0) is 22.7. The first kappa shape index (κ1) is 21.5. The number of rotatable bonds is 7. The molecule has 0 aliphatic heterocycles. The minimum absolute atomic E-state index is 0.144. The molecule has 0 unspecified atom stereocenters. The number of halogens is 1. The van der Waals surface area contributed by atoms with Crippen molar-refractivity contribution in [3.63, 3.8) is 0 Å². The fourth-order valence-corrected chi connectivity index (χ4v) is 3.86. The van der Waals surface area contributed by atoms with Crippen molar-refractivity contribution in [3.8, 4) is 0 Å². The Morgan fingerprint density at radius 1 is 1.19 bits per heavy atom. The predicted octanol–water partition coefficient (Wildman–Crippen LogP) is 3.90. The van der Waals surface area contributed by atoms with Crippen molar-refractivity contribution >= 4 is 40.9 Å². The van der Waals surface area contributed by atoms with Crippen LogP contribution in [0.4, 0.5) is 5.82 Å². The Bertz CT molecular complexity index is 1360. The molecule has 7 nitrogen and oxygen atoms in total. The molecule has 2 aromatic carbocycles. The Labute approximate surface area is 190 Å². The van der Waals surface area contributed by atoms with Crippen LogP contribution in [0.15, 0.2) is 70.7 Å². The summed E-state index contributed by atoms with van der Waals surface area (Å²) in [7, 11) is 0. The van der Waals surface area contributed by atoms with Crippen LogP contribution in [0.3, 0.4) is 0 Å². The summed E-state index contributed by atoms with van der Waals surface area (Å²) in [6, 6.07) is 15.5. The number of carbonyl (C=O) groups is 1. The van der Waals surface area contributed by atoms with E-state index in [0.29, 0.717) is 17.3 Å². The smallest absolute Gasteiger partial charge is 0.312 e. The molecule has 2 heterocycles. The highest BCUT2D eigenvalue weighted by Crippen LogP contribution is 2.27. The lowest BCUT2D eigenvalue weighted by Crippen LogP contribution is -2.31. The standard InChI is InChI=1S/C24H22ClN5O2/c1-16-14-28-23(27-11-10-17-6-4-3-5-7-17)24(32)30(16)29-15-20(25)19-12-18(8-9-21(19)29)13-22(31)26-2/h3-9,12,14-15H,2,10-11,13H2,1H3,(H,27,28). The maximum atomic E-state index is 13.2. The van der Waals surface area contributed by atoms with Crippen LogP contribution in [-0.2, 0) is 17.6 Å². The van der Waals surface area contributed by atoms with Crippen LogP contribution in [0.5, 0.6) is 0 Å². The molecular weight excluding hydrogens is 426 g/mol. The zero-order valence-electron chi connectivity index (χ0n) is 17.6. The van der Waals surface area contributed by atoms with Crippen LogP contribution in [0.2, 0.25) is 5.02 Å². The molecule has 0 atom stereocenters. The summed E-state index contributed by atoms with van der Waals surface area (Å²) >= 11 is 6.48. The second-order valence-corrected chi connectivity index (χ2v) is 7.84. The van der Waals surface area contributed by atoms with Crippen molar-refractivity contribution in [2.75, 3.05) is 11.9 Å². The molecule has 0 aliphatic rings. The van der Waals surface area contributed by atoms with Gasteiger partial charge in [0.1, 0.15) is 0 Å². The number of nitrogens with zero attached hydrogens (tertiary/aromatic N) is 4. The summed E-state index contributed by atoms with van der Waals surface area (Å²) in [6.07, 6.45) is 4.25. The molecule has 0 saturated heterocycles. The van der Waals surface area contributed by atoms with E-state index in [1.54, 1.807) is 17.1 Å². The highest BCUT2D eigenvalue weighted by atomic mass is 35.5. The van der Waals surface area contributed by atoms with Crippen molar-refractivity contribution in [1.82, 2.24) is 14.3 Å². The van der Waals surface area contributed by atoms with Crippen molar-refractivity contribution in [3.05, 3.63) is 93.1 Å². The molecule has 0 saturated carbocycles. The molecular formula is C24H22ClN5O2. The van der Waals surface area contributed by atoms with Crippen LogP contribution in [0.1, 0.15) is 16.8 Å². The van der Waals surface area contributed by atoms with Crippen LogP contribution in [0, 0.1) is 6.92 Å². The highest BCUT2D eigenvalue weighted by molar-refractivity contribution is 6.35. The van der Waals surface area contributed by atoms with Gasteiger partial charge < -0.3 is 5.32 Å². The van der Waals surface area contributed by atoms with Gasteiger partial charge in [0.2, 0.25) is 5.91 Å². The summed E-state index contributed by atoms with van der Waals surface area (Å²) in [5, 5.41) is 4.36. The van der Waals surface area contributed by atoms with Crippen molar-refractivity contribution in [2.45, 2.75) is 19.8 Å². The molecule has 8 heteroatoms. The Kier molecular flexibility index (Phi) is 6.18. The van der Waals surface area contributed by atoms with Gasteiger partial charge in [0.25, 0.3) is 0 Å². The number of amides is 1. The quantitative estimate of drug-likeness (QED) is 0.436. The normalized spacial score (nSPS) is 10.9. The molecule has 0 fully saturated rings. The summed E-state index contributed by atoms with van der Waals surface area (Å²) in [4.78, 5) is 32.6. The molecule has 4 aromatic rings. The summed E-state index contributed by atoms with van der Waals surface area (Å²) in [5.74, 6) is -0.0453. The van der Waals surface area contributed by atoms with E-state index in [2.05, 4.69) is 22.0 Å². The minimum atomic E-state index is -0.313. The summed E-state index contributed by atoms with van der Waals surface area (Å²) < 4.78 is 3.24. The van der Waals surface area contributed by atoms with Crippen LogP contribution in [0.25, 0.3) is 10.9 Å². The minimum Gasteiger partial charge on any atom is -0.365 e. The van der Waals surface area contributed by atoms with Gasteiger partial charge in [-0.25, -0.2) is 14.7 Å². The van der Waals surface area contributed by atoms with Gasteiger partial charge >= 0.3 is 5.56 Å². The van der Waals surface area contributed by atoms with E-state index in [0.717, 1.165) is 22.9 Å². The Morgan fingerprint density at radius 2 is 1.97 bits per heavy atom. The van der Waals surface area contributed by atoms with E-state index in [-0.39, 0.29) is 23.7 Å². The molecule has 0 aliphatic carbocycles. The lowest BCUT2D eigenvalue weighted by Gasteiger charge is -2.14. The van der Waals surface area contributed by atoms with E-state index in [1.807, 2.05) is 55.5 Å². The number of hydrogen-bond donors (Lipinski definition) is 1. The molecule has 32 heavy (non-hydrogen) atoms. The van der Waals surface area contributed by atoms with E-state index in [9.17, 15) is 9.59 Å². The van der Waals surface area contributed by atoms with Gasteiger partial charge in [-0.05, 0) is 43.3 Å². The third-order valence-electron chi connectivity index (χ3n) is 5.21. The lowest BCUT2D eigenvalue weighted by atomic mass is 10.1. The number of carbonyl (C=O) groups excluding carboxylic acids is 1. The van der Waals surface area contributed by atoms with Crippen LogP contribution >= 0.6 is 11.6 Å². The maximum Gasteiger partial charge on any atom is 0.312 e. The first-order valence-corrected chi connectivity index (χ1v) is 10.5. The largest absolute Gasteiger partial charge is 0.365 e. The summed E-state index contributed by atoms with van der Waals surface area (Å²) in [5.41, 5.74) is 3.08. The number of hydrogen-bond acceptors (Lipinski definition) is 4. The van der Waals surface area contributed by atoms with E-state index >= 15 is 0 Å². The summed E-state index contributed by atoms with van der Waals surface area (Å²) in [6.45, 7) is 5.66. The molecule has 0 spiro atoms. The van der Waals surface area contributed by atoms with Crippen LogP contribution in [-0.4, -0.2) is 33.5 Å². The molecule has 2 aromatic heterocycles. The number of nitrogens with one attached hydrogen (secondary N) is 1. The Balaban J connectivity index is 1.67. The molecule has 0 bridgehead atoms. The first-order valence-electron chi connectivity index (χ1n) is 10.1. The van der Waals surface area contributed by atoms with E-state index in [4.69, 9.17) is 11.6 Å². The molecule has 1 amide bonds. The molecule has 0 radical (unpaired) electrons. The molecule has 162 valence electrons. The third-order valence-corrected chi connectivity index (χ3v) is 5.51. The number of aliphatic imine (C=N–C) groups is 1. The Morgan fingerprint density at radius 3 is 2.72 bits per heavy atom. The van der Waals surface area contributed by atoms with Crippen molar-refractivity contribution in [2.24, 2.45) is 4.99 Å². The number of benzene rings is 2. The fraction of sp³-hybridized carbons (Fsp3) is 0.167. The number of aromatic nitrogens is 3. The third kappa shape index (κ3) is 4.33. The maximum absolute atomic E-state index is 13.2. The monoisotopic (exact) mass is 447 g/mol. The molecule has 4 rings (SSSR count). The van der Waals surface area contributed by atoms with Gasteiger partial charge in [-0.15, -0.1) is 0 Å². The number of aryl methyl sites for hydroxylation is 1. The van der Waals surface area contributed by atoms with Gasteiger partial charge in [0.15, 0.2) is 5.82 Å². The van der Waals surface area contributed by atoms with Crippen molar-refractivity contribution in [1.29, 1.82) is 0 Å². The van der Waals surface area contributed by atoms with Gasteiger partial charge in [-0.2, -0.15) is 0 Å². The number of fused-ring (bicyclic) bond motifs is 1. The molecule has 1 N–H and O–H groups in total. The van der Waals surface area contributed by atoms with E-state index < -0.39 is 0 Å². The predicted molar refractivity (Wildman–Crippen MR) is 128 cm³/mol.